The lowest BCUT2D eigenvalue weighted by Gasteiger charge is -2.29. The Morgan fingerprint density at radius 2 is 1.05 bits per heavy atom. The Balaban J connectivity index is 3.99. The molecule has 4 heteroatoms. The van der Waals surface area contributed by atoms with Crippen LogP contribution >= 0.6 is 0 Å². The highest BCUT2D eigenvalue weighted by molar-refractivity contribution is 6.60. The van der Waals surface area contributed by atoms with Crippen molar-refractivity contribution in [3.05, 3.63) is 0 Å². The predicted octanol–water partition coefficient (Wildman–Crippen LogP) is 5.96. The molecule has 0 atom stereocenters. The molecular formula is C18H40O3Si. The lowest BCUT2D eigenvalue weighted by Crippen LogP contribution is -2.46. The number of unbranched alkanes of at least 4 members (excludes halogenated alkanes) is 8. The van der Waals surface area contributed by atoms with E-state index in [2.05, 4.69) is 13.8 Å². The van der Waals surface area contributed by atoms with Gasteiger partial charge in [-0.2, -0.15) is 0 Å². The van der Waals surface area contributed by atoms with Crippen LogP contribution in [-0.4, -0.2) is 28.6 Å². The minimum absolute atomic E-state index is 0.690. The summed E-state index contributed by atoms with van der Waals surface area (Å²) < 4.78 is 18.0. The SMILES string of the molecule is CCCCCCCCCC[Si](OCC)(OCC)OCCCC. The van der Waals surface area contributed by atoms with E-state index in [9.17, 15) is 0 Å². The summed E-state index contributed by atoms with van der Waals surface area (Å²) in [6.07, 6.45) is 12.9. The van der Waals surface area contributed by atoms with Crippen LogP contribution in [0.1, 0.15) is 91.9 Å². The third-order valence-electron chi connectivity index (χ3n) is 3.88. The number of hydrogen-bond donors (Lipinski definition) is 0. The molecule has 0 heterocycles. The summed E-state index contributed by atoms with van der Waals surface area (Å²) in [5.74, 6) is 0. The van der Waals surface area contributed by atoms with Crippen LogP contribution in [0.5, 0.6) is 0 Å². The fraction of sp³-hybridized carbons (Fsp3) is 1.00. The molecule has 0 aromatic heterocycles. The molecule has 0 unspecified atom stereocenters. The monoisotopic (exact) mass is 332 g/mol. The molecule has 0 aliphatic carbocycles. The molecule has 22 heavy (non-hydrogen) atoms. The smallest absolute Gasteiger partial charge is 0.374 e. The molecular weight excluding hydrogens is 292 g/mol. The van der Waals surface area contributed by atoms with Crippen molar-refractivity contribution in [2.24, 2.45) is 0 Å². The van der Waals surface area contributed by atoms with E-state index in [1.165, 1.54) is 51.4 Å². The van der Waals surface area contributed by atoms with Gasteiger partial charge in [-0.15, -0.1) is 0 Å². The first-order chi connectivity index (χ1) is 10.7. The van der Waals surface area contributed by atoms with Gasteiger partial charge in [0.1, 0.15) is 0 Å². The van der Waals surface area contributed by atoms with E-state index in [-0.39, 0.29) is 0 Å². The van der Waals surface area contributed by atoms with Crippen LogP contribution < -0.4 is 0 Å². The largest absolute Gasteiger partial charge is 0.500 e. The fourth-order valence-electron chi connectivity index (χ4n) is 2.63. The molecule has 0 amide bonds. The van der Waals surface area contributed by atoms with Crippen LogP contribution in [0.15, 0.2) is 0 Å². The first kappa shape index (κ1) is 22.1. The molecule has 0 aromatic rings. The maximum absolute atomic E-state index is 6.11. The lowest BCUT2D eigenvalue weighted by atomic mass is 10.1. The van der Waals surface area contributed by atoms with Crippen molar-refractivity contribution in [2.75, 3.05) is 19.8 Å². The highest BCUT2D eigenvalue weighted by Gasteiger charge is 2.39. The van der Waals surface area contributed by atoms with E-state index >= 15 is 0 Å². The summed E-state index contributed by atoms with van der Waals surface area (Å²) in [6, 6.07) is 0.980. The van der Waals surface area contributed by atoms with Crippen molar-refractivity contribution >= 4 is 8.80 Å². The average molecular weight is 333 g/mol. The first-order valence-electron chi connectivity index (χ1n) is 9.66. The van der Waals surface area contributed by atoms with Gasteiger partial charge in [0, 0.05) is 25.9 Å². The van der Waals surface area contributed by atoms with E-state index in [0.29, 0.717) is 13.2 Å². The van der Waals surface area contributed by atoms with Crippen LogP contribution in [0.25, 0.3) is 0 Å². The molecule has 134 valence electrons. The highest BCUT2D eigenvalue weighted by Crippen LogP contribution is 2.21. The molecule has 0 aromatic carbocycles. The van der Waals surface area contributed by atoms with Gasteiger partial charge in [0.25, 0.3) is 0 Å². The molecule has 0 aliphatic heterocycles. The molecule has 0 spiro atoms. The molecule has 0 N–H and O–H groups in total. The van der Waals surface area contributed by atoms with Crippen molar-refractivity contribution in [3.63, 3.8) is 0 Å². The molecule has 0 bridgehead atoms. The lowest BCUT2D eigenvalue weighted by molar-refractivity contribution is 0.0654. The Kier molecular flexibility index (Phi) is 16.0. The Morgan fingerprint density at radius 3 is 1.55 bits per heavy atom. The van der Waals surface area contributed by atoms with Crippen molar-refractivity contribution < 1.29 is 13.3 Å². The second kappa shape index (κ2) is 16.0. The average Bonchev–Trinajstić information content (AvgIpc) is 2.51. The van der Waals surface area contributed by atoms with Gasteiger partial charge in [-0.05, 0) is 26.7 Å². The summed E-state index contributed by atoms with van der Waals surface area (Å²) >= 11 is 0. The molecule has 0 radical (unpaired) electrons. The standard InChI is InChI=1S/C18H40O3Si/c1-5-9-11-12-13-14-15-16-18-22(19-7-3,20-8-4)21-17-10-6-2/h5-18H2,1-4H3. The number of hydrogen-bond acceptors (Lipinski definition) is 3. The normalized spacial score (nSPS) is 12.0. The Labute approximate surface area is 140 Å². The van der Waals surface area contributed by atoms with Gasteiger partial charge in [-0.25, -0.2) is 0 Å². The molecule has 3 nitrogen and oxygen atoms in total. The zero-order valence-corrected chi connectivity index (χ0v) is 16.6. The van der Waals surface area contributed by atoms with Crippen molar-refractivity contribution in [2.45, 2.75) is 97.9 Å². The summed E-state index contributed by atoms with van der Waals surface area (Å²) in [7, 11) is -2.41. The van der Waals surface area contributed by atoms with Crippen LogP contribution in [0, 0.1) is 0 Å². The maximum Gasteiger partial charge on any atom is 0.500 e. The third-order valence-corrected chi connectivity index (χ3v) is 6.95. The number of rotatable bonds is 17. The van der Waals surface area contributed by atoms with Crippen molar-refractivity contribution in [1.29, 1.82) is 0 Å². The van der Waals surface area contributed by atoms with Gasteiger partial charge in [-0.3, -0.25) is 0 Å². The van der Waals surface area contributed by atoms with E-state index in [1.807, 2.05) is 13.8 Å². The summed E-state index contributed by atoms with van der Waals surface area (Å²) in [4.78, 5) is 0. The van der Waals surface area contributed by atoms with E-state index in [4.69, 9.17) is 13.3 Å². The Morgan fingerprint density at radius 1 is 0.545 bits per heavy atom. The molecule has 0 rings (SSSR count). The van der Waals surface area contributed by atoms with E-state index < -0.39 is 8.80 Å². The van der Waals surface area contributed by atoms with E-state index in [1.54, 1.807) is 0 Å². The molecule has 0 fully saturated rings. The van der Waals surface area contributed by atoms with Crippen LogP contribution in [0.2, 0.25) is 6.04 Å². The third kappa shape index (κ3) is 11.6. The minimum Gasteiger partial charge on any atom is -0.374 e. The van der Waals surface area contributed by atoms with Gasteiger partial charge in [0.15, 0.2) is 0 Å². The predicted molar refractivity (Wildman–Crippen MR) is 97.3 cm³/mol. The fourth-order valence-corrected chi connectivity index (χ4v) is 5.33. The first-order valence-corrected chi connectivity index (χ1v) is 11.6. The molecule has 0 saturated heterocycles. The zero-order valence-electron chi connectivity index (χ0n) is 15.6. The molecule has 0 aliphatic rings. The van der Waals surface area contributed by atoms with Crippen molar-refractivity contribution in [1.82, 2.24) is 0 Å². The van der Waals surface area contributed by atoms with Gasteiger partial charge in [0.2, 0.25) is 0 Å². The van der Waals surface area contributed by atoms with Crippen molar-refractivity contribution in [3.8, 4) is 0 Å². The van der Waals surface area contributed by atoms with Gasteiger partial charge in [-0.1, -0.05) is 65.2 Å². The van der Waals surface area contributed by atoms with Crippen LogP contribution in [-0.2, 0) is 13.3 Å². The second-order valence-corrected chi connectivity index (χ2v) is 8.71. The van der Waals surface area contributed by atoms with E-state index in [0.717, 1.165) is 25.5 Å². The van der Waals surface area contributed by atoms with Gasteiger partial charge in [0.05, 0.1) is 0 Å². The van der Waals surface area contributed by atoms with Crippen LogP contribution in [0.3, 0.4) is 0 Å². The quantitative estimate of drug-likeness (QED) is 0.243. The Bertz CT molecular complexity index is 218. The highest BCUT2D eigenvalue weighted by atomic mass is 28.4. The van der Waals surface area contributed by atoms with Crippen LogP contribution in [0.4, 0.5) is 0 Å². The maximum atomic E-state index is 6.11. The van der Waals surface area contributed by atoms with Gasteiger partial charge >= 0.3 is 8.80 Å². The second-order valence-electron chi connectivity index (χ2n) is 5.98. The van der Waals surface area contributed by atoms with Gasteiger partial charge < -0.3 is 13.3 Å². The summed E-state index contributed by atoms with van der Waals surface area (Å²) in [5, 5.41) is 0. The summed E-state index contributed by atoms with van der Waals surface area (Å²) in [6.45, 7) is 10.7. The topological polar surface area (TPSA) is 27.7 Å². The summed E-state index contributed by atoms with van der Waals surface area (Å²) in [5.41, 5.74) is 0. The minimum atomic E-state index is -2.41. The molecule has 0 saturated carbocycles. The zero-order chi connectivity index (χ0) is 16.5. The Hall–Kier alpha value is 0.0969.